The summed E-state index contributed by atoms with van der Waals surface area (Å²) in [7, 11) is -3.98. The topological polar surface area (TPSA) is 44.8 Å². The highest BCUT2D eigenvalue weighted by atomic mass is 32.1. The molecule has 189 valence electrons. The van der Waals surface area contributed by atoms with Gasteiger partial charge in [0.2, 0.25) is 0 Å². The third kappa shape index (κ3) is 8.66. The van der Waals surface area contributed by atoms with Crippen LogP contribution in [0.3, 0.4) is 0 Å². The molecule has 0 atom stereocenters. The average Bonchev–Trinajstić information content (AvgIpc) is 2.80. The maximum atomic E-state index is 13.1. The highest BCUT2D eigenvalue weighted by molar-refractivity contribution is 7.80. The Morgan fingerprint density at radius 1 is 0.676 bits per heavy atom. The SMILES string of the molecule is CCCCCC(C)(C)c1ccc(OP(=O)(O[S])Oc2ccc(C(C)(C)CCCCC)cc2)cc1. The number of rotatable bonds is 15. The molecule has 0 bridgehead atoms. The Bertz CT molecular complexity index is 836. The summed E-state index contributed by atoms with van der Waals surface area (Å²) in [5, 5.41) is 0. The molecule has 0 aliphatic heterocycles. The van der Waals surface area contributed by atoms with Crippen molar-refractivity contribution in [1.82, 2.24) is 0 Å². The molecule has 1 radical (unpaired) electrons. The number of hydrogen-bond acceptors (Lipinski definition) is 4. The fourth-order valence-electron chi connectivity index (χ4n) is 4.16. The van der Waals surface area contributed by atoms with E-state index in [1.54, 1.807) is 24.3 Å². The molecule has 0 saturated heterocycles. The lowest BCUT2D eigenvalue weighted by Crippen LogP contribution is -2.17. The molecule has 0 amide bonds. The fourth-order valence-corrected chi connectivity index (χ4v) is 5.20. The molecule has 0 unspecified atom stereocenters. The molecule has 0 heterocycles. The summed E-state index contributed by atoms with van der Waals surface area (Å²) in [5.41, 5.74) is 2.55. The second-order valence-corrected chi connectivity index (χ2v) is 12.3. The Balaban J connectivity index is 2.04. The van der Waals surface area contributed by atoms with Crippen LogP contribution >= 0.6 is 20.7 Å². The zero-order valence-corrected chi connectivity index (χ0v) is 23.5. The van der Waals surface area contributed by atoms with Gasteiger partial charge in [0.1, 0.15) is 24.4 Å². The van der Waals surface area contributed by atoms with E-state index in [-0.39, 0.29) is 10.8 Å². The Labute approximate surface area is 213 Å². The first-order valence-corrected chi connectivity index (χ1v) is 14.4. The maximum absolute atomic E-state index is 13.1. The first kappa shape index (κ1) is 28.8. The van der Waals surface area contributed by atoms with E-state index in [9.17, 15) is 4.57 Å². The molecule has 2 aromatic rings. The summed E-state index contributed by atoms with van der Waals surface area (Å²) in [6, 6.07) is 15.2. The van der Waals surface area contributed by atoms with Crippen LogP contribution in [0.25, 0.3) is 0 Å². The zero-order valence-electron chi connectivity index (χ0n) is 21.8. The minimum absolute atomic E-state index is 0.0640. The number of benzene rings is 2. The normalized spacial score (nSPS) is 12.6. The standard InChI is InChI=1S/C28H42O4PS/c1-7-9-11-21-27(3,4)23-13-17-25(18-14-23)30-33(29,32-34)31-26-19-15-24(16-20-26)28(5,6)22-12-10-8-2/h13-20H,7-12,21-22H2,1-6H3. The van der Waals surface area contributed by atoms with Gasteiger partial charge in [-0.25, -0.2) is 4.57 Å². The Kier molecular flexibility index (Phi) is 11.1. The van der Waals surface area contributed by atoms with Crippen molar-refractivity contribution in [3.05, 3.63) is 59.7 Å². The van der Waals surface area contributed by atoms with Crippen LogP contribution in [0.15, 0.2) is 48.5 Å². The van der Waals surface area contributed by atoms with Gasteiger partial charge < -0.3 is 9.05 Å². The summed E-state index contributed by atoms with van der Waals surface area (Å²) < 4.78 is 29.0. The summed E-state index contributed by atoms with van der Waals surface area (Å²) in [6.45, 7) is 13.4. The molecule has 0 aromatic heterocycles. The van der Waals surface area contributed by atoms with E-state index in [1.165, 1.54) is 49.7 Å². The summed E-state index contributed by atoms with van der Waals surface area (Å²) in [5.74, 6) is 0.796. The van der Waals surface area contributed by atoms with Crippen LogP contribution in [0, 0.1) is 0 Å². The van der Waals surface area contributed by atoms with E-state index in [2.05, 4.69) is 54.5 Å². The van der Waals surface area contributed by atoms with Gasteiger partial charge in [-0.1, -0.05) is 104 Å². The predicted octanol–water partition coefficient (Wildman–Crippen LogP) is 10.1. The van der Waals surface area contributed by atoms with Gasteiger partial charge in [0.05, 0.1) is 0 Å². The summed E-state index contributed by atoms with van der Waals surface area (Å²) in [6.07, 6.45) is 9.51. The second-order valence-electron chi connectivity index (χ2n) is 10.4. The Hall–Kier alpha value is -1.42. The fraction of sp³-hybridized carbons (Fsp3) is 0.571. The van der Waals surface area contributed by atoms with E-state index >= 15 is 0 Å². The highest BCUT2D eigenvalue weighted by Crippen LogP contribution is 2.51. The molecule has 0 aliphatic rings. The van der Waals surface area contributed by atoms with Crippen molar-refractivity contribution in [1.29, 1.82) is 0 Å². The van der Waals surface area contributed by atoms with Crippen molar-refractivity contribution in [2.75, 3.05) is 0 Å². The predicted molar refractivity (Wildman–Crippen MR) is 145 cm³/mol. The van der Waals surface area contributed by atoms with Crippen molar-refractivity contribution >= 4 is 20.7 Å². The molecule has 0 saturated carbocycles. The van der Waals surface area contributed by atoms with Crippen molar-refractivity contribution in [2.24, 2.45) is 0 Å². The number of phosphoric acid groups is 1. The molecule has 0 aliphatic carbocycles. The monoisotopic (exact) mass is 505 g/mol. The van der Waals surface area contributed by atoms with Crippen molar-refractivity contribution < 1.29 is 17.6 Å². The smallest absolute Gasteiger partial charge is 0.394 e. The van der Waals surface area contributed by atoms with E-state index in [1.807, 2.05) is 24.3 Å². The minimum Gasteiger partial charge on any atom is -0.394 e. The molecular formula is C28H42O4PS. The van der Waals surface area contributed by atoms with Gasteiger partial charge in [-0.2, -0.15) is 3.97 Å². The van der Waals surface area contributed by atoms with Gasteiger partial charge in [0, 0.05) is 0 Å². The molecule has 6 heteroatoms. The maximum Gasteiger partial charge on any atom is 0.600 e. The lowest BCUT2D eigenvalue weighted by Gasteiger charge is -2.26. The molecule has 0 spiro atoms. The van der Waals surface area contributed by atoms with Crippen LogP contribution in [-0.2, 0) is 19.4 Å². The first-order chi connectivity index (χ1) is 16.0. The number of unbranched alkanes of at least 4 members (excludes halogenated alkanes) is 4. The average molecular weight is 506 g/mol. The Morgan fingerprint density at radius 3 is 1.32 bits per heavy atom. The van der Waals surface area contributed by atoms with Gasteiger partial charge in [0.25, 0.3) is 0 Å². The van der Waals surface area contributed by atoms with Crippen LogP contribution in [0.1, 0.15) is 104 Å². The molecule has 0 N–H and O–H groups in total. The van der Waals surface area contributed by atoms with Gasteiger partial charge in [0.15, 0.2) is 0 Å². The molecule has 2 rings (SSSR count). The minimum atomic E-state index is -3.98. The van der Waals surface area contributed by atoms with Gasteiger partial charge in [-0.05, 0) is 59.1 Å². The van der Waals surface area contributed by atoms with E-state index in [0.29, 0.717) is 11.5 Å². The summed E-state index contributed by atoms with van der Waals surface area (Å²) >= 11 is 4.66. The zero-order chi connectivity index (χ0) is 25.2. The summed E-state index contributed by atoms with van der Waals surface area (Å²) in [4.78, 5) is 0. The van der Waals surface area contributed by atoms with Crippen LogP contribution in [0.2, 0.25) is 0 Å². The van der Waals surface area contributed by atoms with Crippen LogP contribution in [0.4, 0.5) is 0 Å². The van der Waals surface area contributed by atoms with Crippen LogP contribution in [0.5, 0.6) is 11.5 Å². The Morgan fingerprint density at radius 2 is 1.03 bits per heavy atom. The van der Waals surface area contributed by atoms with Crippen LogP contribution < -0.4 is 9.05 Å². The quantitative estimate of drug-likeness (QED) is 0.178. The number of phosphoric ester groups is 1. The van der Waals surface area contributed by atoms with E-state index in [0.717, 1.165) is 12.8 Å². The lowest BCUT2D eigenvalue weighted by molar-refractivity contribution is 0.315. The second kappa shape index (κ2) is 13.0. The third-order valence-corrected chi connectivity index (χ3v) is 8.21. The van der Waals surface area contributed by atoms with Gasteiger partial charge in [-0.3, -0.25) is 0 Å². The molecule has 34 heavy (non-hydrogen) atoms. The molecule has 2 aromatic carbocycles. The van der Waals surface area contributed by atoms with Crippen LogP contribution in [-0.4, -0.2) is 0 Å². The van der Waals surface area contributed by atoms with Crippen molar-refractivity contribution in [3.63, 3.8) is 0 Å². The molecule has 0 fully saturated rings. The van der Waals surface area contributed by atoms with Crippen molar-refractivity contribution in [2.45, 2.75) is 104 Å². The molecule has 4 nitrogen and oxygen atoms in total. The van der Waals surface area contributed by atoms with Gasteiger partial charge >= 0.3 is 7.82 Å². The largest absolute Gasteiger partial charge is 0.600 e. The lowest BCUT2D eigenvalue weighted by atomic mass is 9.80. The third-order valence-electron chi connectivity index (χ3n) is 6.61. The molecular weight excluding hydrogens is 463 g/mol. The number of hydrogen-bond donors (Lipinski definition) is 0. The van der Waals surface area contributed by atoms with Crippen molar-refractivity contribution in [3.8, 4) is 11.5 Å². The highest BCUT2D eigenvalue weighted by Gasteiger charge is 2.31. The van der Waals surface area contributed by atoms with Gasteiger partial charge in [-0.15, -0.1) is 0 Å². The van der Waals surface area contributed by atoms with E-state index in [4.69, 9.17) is 13.0 Å². The first-order valence-electron chi connectivity index (χ1n) is 12.6. The van der Waals surface area contributed by atoms with E-state index < -0.39 is 7.82 Å².